The molecule has 0 radical (unpaired) electrons. The van der Waals surface area contributed by atoms with Gasteiger partial charge >= 0.3 is 0 Å². The van der Waals surface area contributed by atoms with Crippen molar-refractivity contribution in [1.29, 1.82) is 0 Å². The number of carbonyl (C=O) groups is 2. The number of nitrogens with one attached hydrogen (secondary N) is 3. The van der Waals surface area contributed by atoms with Crippen LogP contribution in [0.1, 0.15) is 19.0 Å². The van der Waals surface area contributed by atoms with Crippen LogP contribution in [0.15, 0.2) is 73.7 Å². The number of nitrogens with zero attached hydrogens (tertiary/aromatic N) is 3. The van der Waals surface area contributed by atoms with Gasteiger partial charge in [-0.3, -0.25) is 14.6 Å². The summed E-state index contributed by atoms with van der Waals surface area (Å²) in [5, 5.41) is 9.73. The second kappa shape index (κ2) is 12.7. The van der Waals surface area contributed by atoms with E-state index in [4.69, 9.17) is 21.1 Å². The van der Waals surface area contributed by atoms with Gasteiger partial charge in [0.1, 0.15) is 36.3 Å². The monoisotopic (exact) mass is 546 g/mol. The number of ether oxygens (including phenoxy) is 2. The first kappa shape index (κ1) is 27.3. The Morgan fingerprint density at radius 3 is 2.64 bits per heavy atom. The van der Waals surface area contributed by atoms with Crippen LogP contribution in [0.3, 0.4) is 0 Å². The number of carbonyl (C=O) groups excluding carboxylic acids is 2. The average Bonchev–Trinajstić information content (AvgIpc) is 2.95. The number of amides is 2. The lowest BCUT2D eigenvalue weighted by atomic mass is 10.1. The molecule has 3 N–H and O–H groups in total. The third-order valence-corrected chi connectivity index (χ3v) is 6.03. The maximum atomic E-state index is 12.9. The van der Waals surface area contributed by atoms with Gasteiger partial charge in [-0.15, -0.1) is 0 Å². The summed E-state index contributed by atoms with van der Waals surface area (Å²) < 4.78 is 11.3. The summed E-state index contributed by atoms with van der Waals surface area (Å²) >= 11 is 6.47. The third-order valence-electron chi connectivity index (χ3n) is 5.74. The standard InChI is InChI=1S/C28H27ClN6O4/c1-4-21(34-26(36)5-2)28(37)35-23-13-19-22(14-25(23)38-3)31-16-32-27(19)33-17-9-10-24(20(29)12-17)39-15-18-8-6-7-11-30-18/h5-14,16,21H,2,4,15H2,1,3H3,(H,34,36)(H,35,37)(H,31,32,33)/t21-/m0/s1. The smallest absolute Gasteiger partial charge is 0.247 e. The number of anilines is 3. The van der Waals surface area contributed by atoms with Crippen LogP contribution in [0.4, 0.5) is 17.2 Å². The van der Waals surface area contributed by atoms with Crippen molar-refractivity contribution in [2.75, 3.05) is 17.7 Å². The molecule has 4 rings (SSSR count). The lowest BCUT2D eigenvalue weighted by molar-refractivity contribution is -0.123. The number of rotatable bonds is 11. The Hall–Kier alpha value is -4.70. The van der Waals surface area contributed by atoms with E-state index in [1.54, 1.807) is 37.4 Å². The molecular formula is C28H27ClN6O4. The summed E-state index contributed by atoms with van der Waals surface area (Å²) in [6.45, 7) is 5.51. The zero-order valence-electron chi connectivity index (χ0n) is 21.4. The number of fused-ring (bicyclic) bond motifs is 1. The lowest BCUT2D eigenvalue weighted by Gasteiger charge is -2.18. The van der Waals surface area contributed by atoms with Gasteiger partial charge in [-0.2, -0.15) is 0 Å². The molecule has 0 fully saturated rings. The van der Waals surface area contributed by atoms with E-state index in [-0.39, 0.29) is 6.61 Å². The predicted molar refractivity (Wildman–Crippen MR) is 150 cm³/mol. The average molecular weight is 547 g/mol. The van der Waals surface area contributed by atoms with Gasteiger partial charge in [-0.1, -0.05) is 31.2 Å². The van der Waals surface area contributed by atoms with Gasteiger partial charge in [-0.05, 0) is 48.9 Å². The Morgan fingerprint density at radius 2 is 1.95 bits per heavy atom. The summed E-state index contributed by atoms with van der Waals surface area (Å²) in [6.07, 6.45) is 4.63. The van der Waals surface area contributed by atoms with Gasteiger partial charge in [0.05, 0.1) is 29.0 Å². The molecule has 11 heteroatoms. The number of hydrogen-bond donors (Lipinski definition) is 3. The summed E-state index contributed by atoms with van der Waals surface area (Å²) in [7, 11) is 1.49. The predicted octanol–water partition coefficient (Wildman–Crippen LogP) is 5.03. The van der Waals surface area contributed by atoms with E-state index in [0.29, 0.717) is 51.0 Å². The van der Waals surface area contributed by atoms with Gasteiger partial charge in [0, 0.05) is 23.3 Å². The summed E-state index contributed by atoms with van der Waals surface area (Å²) in [5.74, 6) is 0.578. The summed E-state index contributed by atoms with van der Waals surface area (Å²) in [4.78, 5) is 37.6. The Kier molecular flexibility index (Phi) is 8.90. The Balaban J connectivity index is 1.57. The molecule has 2 aromatic heterocycles. The number of benzene rings is 2. The molecule has 0 saturated carbocycles. The van der Waals surface area contributed by atoms with Crippen LogP contribution in [0.2, 0.25) is 5.02 Å². The van der Waals surface area contributed by atoms with Crippen molar-refractivity contribution >= 4 is 51.5 Å². The first-order chi connectivity index (χ1) is 18.9. The van der Waals surface area contributed by atoms with E-state index in [2.05, 4.69) is 37.5 Å². The molecular weight excluding hydrogens is 520 g/mol. The van der Waals surface area contributed by atoms with Crippen molar-refractivity contribution in [3.63, 3.8) is 0 Å². The Labute approximate surface area is 230 Å². The first-order valence-electron chi connectivity index (χ1n) is 12.1. The van der Waals surface area contributed by atoms with Gasteiger partial charge in [0.2, 0.25) is 11.8 Å². The van der Waals surface area contributed by atoms with Crippen molar-refractivity contribution in [3.8, 4) is 11.5 Å². The van der Waals surface area contributed by atoms with Crippen molar-refractivity contribution in [3.05, 3.63) is 84.4 Å². The van der Waals surface area contributed by atoms with Crippen molar-refractivity contribution in [2.24, 2.45) is 0 Å². The number of methoxy groups -OCH3 is 1. The molecule has 0 bridgehead atoms. The molecule has 10 nitrogen and oxygen atoms in total. The van der Waals surface area contributed by atoms with E-state index < -0.39 is 17.9 Å². The quantitative estimate of drug-likeness (QED) is 0.224. The van der Waals surface area contributed by atoms with Crippen LogP contribution in [-0.2, 0) is 16.2 Å². The highest BCUT2D eigenvalue weighted by molar-refractivity contribution is 6.32. The highest BCUT2D eigenvalue weighted by atomic mass is 35.5. The van der Waals surface area contributed by atoms with Gasteiger partial charge in [0.15, 0.2) is 0 Å². The maximum absolute atomic E-state index is 12.9. The molecule has 2 amide bonds. The maximum Gasteiger partial charge on any atom is 0.247 e. The molecule has 0 spiro atoms. The number of halogens is 1. The topological polar surface area (TPSA) is 127 Å². The van der Waals surface area contributed by atoms with Crippen LogP contribution < -0.4 is 25.4 Å². The minimum atomic E-state index is -0.749. The SMILES string of the molecule is C=CC(=O)N[C@@H](CC)C(=O)Nc1cc2c(Nc3ccc(OCc4ccccn4)c(Cl)c3)ncnc2cc1OC. The number of hydrogen-bond acceptors (Lipinski definition) is 8. The minimum absolute atomic E-state index is 0.288. The van der Waals surface area contributed by atoms with E-state index in [1.807, 2.05) is 24.3 Å². The molecule has 1 atom stereocenters. The second-order valence-electron chi connectivity index (χ2n) is 8.33. The fourth-order valence-corrected chi connectivity index (χ4v) is 3.96. The summed E-state index contributed by atoms with van der Waals surface area (Å²) in [5.41, 5.74) is 2.45. The van der Waals surface area contributed by atoms with Gasteiger partial charge in [0.25, 0.3) is 0 Å². The molecule has 2 heterocycles. The lowest BCUT2D eigenvalue weighted by Crippen LogP contribution is -2.42. The zero-order valence-corrected chi connectivity index (χ0v) is 22.2. The van der Waals surface area contributed by atoms with Crippen molar-refractivity contribution < 1.29 is 19.1 Å². The molecule has 0 unspecified atom stereocenters. The number of aromatic nitrogens is 3. The molecule has 39 heavy (non-hydrogen) atoms. The molecule has 0 saturated heterocycles. The second-order valence-corrected chi connectivity index (χ2v) is 8.74. The Morgan fingerprint density at radius 1 is 1.10 bits per heavy atom. The van der Waals surface area contributed by atoms with Crippen LogP contribution in [0.5, 0.6) is 11.5 Å². The molecule has 2 aromatic carbocycles. The fourth-order valence-electron chi connectivity index (χ4n) is 3.72. The van der Waals surface area contributed by atoms with Crippen molar-refractivity contribution in [1.82, 2.24) is 20.3 Å². The largest absolute Gasteiger partial charge is 0.494 e. The van der Waals surface area contributed by atoms with Crippen LogP contribution in [0.25, 0.3) is 10.9 Å². The molecule has 200 valence electrons. The highest BCUT2D eigenvalue weighted by Gasteiger charge is 2.20. The van der Waals surface area contributed by atoms with E-state index >= 15 is 0 Å². The molecule has 0 aliphatic carbocycles. The minimum Gasteiger partial charge on any atom is -0.494 e. The van der Waals surface area contributed by atoms with E-state index in [1.165, 1.54) is 13.4 Å². The molecule has 0 aliphatic rings. The van der Waals surface area contributed by atoms with Crippen molar-refractivity contribution in [2.45, 2.75) is 26.0 Å². The highest BCUT2D eigenvalue weighted by Crippen LogP contribution is 2.34. The van der Waals surface area contributed by atoms with Gasteiger partial charge in [-0.25, -0.2) is 9.97 Å². The van der Waals surface area contributed by atoms with Crippen LogP contribution >= 0.6 is 11.6 Å². The summed E-state index contributed by atoms with van der Waals surface area (Å²) in [6, 6.07) is 13.6. The molecule has 0 aliphatic heterocycles. The fraction of sp³-hybridized carbons (Fsp3) is 0.179. The van der Waals surface area contributed by atoms with E-state index in [0.717, 1.165) is 11.8 Å². The Bertz CT molecular complexity index is 1500. The van der Waals surface area contributed by atoms with Crippen LogP contribution in [0, 0.1) is 0 Å². The number of pyridine rings is 1. The molecule has 4 aromatic rings. The zero-order chi connectivity index (χ0) is 27.8. The van der Waals surface area contributed by atoms with Crippen LogP contribution in [-0.4, -0.2) is 39.9 Å². The first-order valence-corrected chi connectivity index (χ1v) is 12.5. The normalized spacial score (nSPS) is 11.4. The van der Waals surface area contributed by atoms with Gasteiger partial charge < -0.3 is 25.4 Å². The van der Waals surface area contributed by atoms with E-state index in [9.17, 15) is 9.59 Å². The third kappa shape index (κ3) is 6.79.